The van der Waals surface area contributed by atoms with Crippen molar-refractivity contribution < 1.29 is 17.2 Å². The lowest BCUT2D eigenvalue weighted by molar-refractivity contribution is 0.319. The Bertz CT molecular complexity index is 767. The van der Waals surface area contributed by atoms with E-state index in [1.807, 2.05) is 5.38 Å². The Morgan fingerprint density at radius 3 is 2.57 bits per heavy atom. The molecule has 0 spiro atoms. The van der Waals surface area contributed by atoms with Gasteiger partial charge in [-0.05, 0) is 59.3 Å². The van der Waals surface area contributed by atoms with Crippen LogP contribution in [0, 0.1) is 11.6 Å². The van der Waals surface area contributed by atoms with E-state index >= 15 is 0 Å². The first kappa shape index (κ1) is 16.5. The molecule has 1 fully saturated rings. The third-order valence-electron chi connectivity index (χ3n) is 4.21. The van der Waals surface area contributed by atoms with Gasteiger partial charge in [0.1, 0.15) is 11.6 Å². The molecule has 2 aromatic rings. The summed E-state index contributed by atoms with van der Waals surface area (Å²) < 4.78 is 53.2. The Hall–Kier alpha value is -1.31. The molecule has 124 valence electrons. The van der Waals surface area contributed by atoms with Gasteiger partial charge in [-0.25, -0.2) is 21.5 Å². The van der Waals surface area contributed by atoms with Gasteiger partial charge in [-0.15, -0.1) is 0 Å². The zero-order valence-corrected chi connectivity index (χ0v) is 14.0. The quantitative estimate of drug-likeness (QED) is 0.836. The molecular weight excluding hydrogens is 340 g/mol. The van der Waals surface area contributed by atoms with E-state index in [9.17, 15) is 17.2 Å². The predicted octanol–water partition coefficient (Wildman–Crippen LogP) is 3.74. The lowest BCUT2D eigenvalue weighted by Gasteiger charge is -2.31. The molecule has 0 unspecified atom stereocenters. The molecule has 7 heteroatoms. The van der Waals surface area contributed by atoms with Gasteiger partial charge in [0, 0.05) is 18.7 Å². The molecule has 0 saturated carbocycles. The first-order valence-electron chi connectivity index (χ1n) is 7.39. The molecule has 1 aromatic heterocycles. The minimum absolute atomic E-state index is 0.120. The molecule has 23 heavy (non-hydrogen) atoms. The minimum atomic E-state index is -3.64. The van der Waals surface area contributed by atoms with Crippen molar-refractivity contribution in [1.82, 2.24) is 4.31 Å². The lowest BCUT2D eigenvalue weighted by Crippen LogP contribution is -2.38. The van der Waals surface area contributed by atoms with Gasteiger partial charge in [-0.3, -0.25) is 0 Å². The van der Waals surface area contributed by atoms with Gasteiger partial charge in [0.25, 0.3) is 0 Å². The molecule has 0 radical (unpaired) electrons. The van der Waals surface area contributed by atoms with E-state index < -0.39 is 27.4 Å². The van der Waals surface area contributed by atoms with E-state index in [0.717, 1.165) is 31.0 Å². The highest BCUT2D eigenvalue weighted by Crippen LogP contribution is 2.31. The SMILES string of the molecule is O=S(=O)(Cc1cc(F)ccc1F)N1CCC(c2ccsc2)CC1. The molecule has 0 atom stereocenters. The van der Waals surface area contributed by atoms with Gasteiger partial charge in [-0.2, -0.15) is 11.3 Å². The average molecular weight is 357 g/mol. The van der Waals surface area contributed by atoms with Crippen LogP contribution in [0.2, 0.25) is 0 Å². The van der Waals surface area contributed by atoms with Gasteiger partial charge < -0.3 is 0 Å². The van der Waals surface area contributed by atoms with Crippen molar-refractivity contribution in [3.63, 3.8) is 0 Å². The van der Waals surface area contributed by atoms with Crippen LogP contribution in [-0.4, -0.2) is 25.8 Å². The van der Waals surface area contributed by atoms with E-state index in [0.29, 0.717) is 19.0 Å². The summed E-state index contributed by atoms with van der Waals surface area (Å²) in [5, 5.41) is 4.11. The van der Waals surface area contributed by atoms with Crippen LogP contribution in [0.5, 0.6) is 0 Å². The summed E-state index contributed by atoms with van der Waals surface area (Å²) in [5.74, 6) is -1.45. The standard InChI is InChI=1S/C16H17F2NO2S2/c17-15-1-2-16(18)14(9-15)11-23(20,21)19-6-3-12(4-7-19)13-5-8-22-10-13/h1-2,5,8-10,12H,3-4,6-7,11H2. The first-order valence-corrected chi connectivity index (χ1v) is 9.95. The normalized spacial score (nSPS) is 17.5. The Balaban J connectivity index is 1.68. The summed E-state index contributed by atoms with van der Waals surface area (Å²) in [6.07, 6.45) is 1.50. The number of nitrogens with zero attached hydrogens (tertiary/aromatic N) is 1. The fourth-order valence-corrected chi connectivity index (χ4v) is 5.22. The molecule has 1 aromatic carbocycles. The highest BCUT2D eigenvalue weighted by molar-refractivity contribution is 7.88. The summed E-state index contributed by atoms with van der Waals surface area (Å²) >= 11 is 1.64. The third kappa shape index (κ3) is 3.79. The highest BCUT2D eigenvalue weighted by atomic mass is 32.2. The molecule has 1 aliphatic heterocycles. The predicted molar refractivity (Wildman–Crippen MR) is 86.8 cm³/mol. The van der Waals surface area contributed by atoms with Crippen LogP contribution in [-0.2, 0) is 15.8 Å². The fourth-order valence-electron chi connectivity index (χ4n) is 2.92. The van der Waals surface area contributed by atoms with E-state index in [-0.39, 0.29) is 5.56 Å². The van der Waals surface area contributed by atoms with Gasteiger partial charge in [0.15, 0.2) is 0 Å². The van der Waals surface area contributed by atoms with Crippen molar-refractivity contribution in [2.45, 2.75) is 24.5 Å². The molecular formula is C16H17F2NO2S2. The van der Waals surface area contributed by atoms with Crippen molar-refractivity contribution in [2.24, 2.45) is 0 Å². The Morgan fingerprint density at radius 2 is 1.91 bits per heavy atom. The van der Waals surface area contributed by atoms with Crippen LogP contribution in [0.4, 0.5) is 8.78 Å². The zero-order chi connectivity index (χ0) is 16.4. The number of rotatable bonds is 4. The van der Waals surface area contributed by atoms with Crippen molar-refractivity contribution in [3.05, 3.63) is 57.8 Å². The monoisotopic (exact) mass is 357 g/mol. The first-order chi connectivity index (χ1) is 11.0. The summed E-state index contributed by atoms with van der Waals surface area (Å²) in [5.41, 5.74) is 1.13. The molecule has 0 amide bonds. The number of benzene rings is 1. The maximum absolute atomic E-state index is 13.7. The van der Waals surface area contributed by atoms with Crippen molar-refractivity contribution in [3.8, 4) is 0 Å². The average Bonchev–Trinajstić information content (AvgIpc) is 3.05. The van der Waals surface area contributed by atoms with Gasteiger partial charge in [0.05, 0.1) is 5.75 Å². The molecule has 3 rings (SSSR count). The smallest absolute Gasteiger partial charge is 0.212 e. The van der Waals surface area contributed by atoms with Crippen LogP contribution in [0.15, 0.2) is 35.0 Å². The Kier molecular flexibility index (Phi) is 4.79. The number of thiophene rings is 1. The summed E-state index contributed by atoms with van der Waals surface area (Å²) in [4.78, 5) is 0. The molecule has 0 N–H and O–H groups in total. The molecule has 1 aliphatic rings. The fraction of sp³-hybridized carbons (Fsp3) is 0.375. The van der Waals surface area contributed by atoms with E-state index in [4.69, 9.17) is 0 Å². The van der Waals surface area contributed by atoms with Crippen LogP contribution in [0.1, 0.15) is 29.9 Å². The second kappa shape index (κ2) is 6.67. The van der Waals surface area contributed by atoms with Gasteiger partial charge in [-0.1, -0.05) is 0 Å². The number of piperidine rings is 1. The van der Waals surface area contributed by atoms with Crippen LogP contribution in [0.25, 0.3) is 0 Å². The topological polar surface area (TPSA) is 37.4 Å². The number of hydrogen-bond acceptors (Lipinski definition) is 3. The number of halogens is 2. The van der Waals surface area contributed by atoms with Crippen molar-refractivity contribution in [2.75, 3.05) is 13.1 Å². The molecule has 0 aliphatic carbocycles. The summed E-state index contributed by atoms with van der Waals surface area (Å²) in [7, 11) is -3.64. The van der Waals surface area contributed by atoms with E-state index in [1.165, 1.54) is 9.87 Å². The molecule has 2 heterocycles. The zero-order valence-electron chi connectivity index (χ0n) is 12.4. The van der Waals surface area contributed by atoms with Crippen molar-refractivity contribution in [1.29, 1.82) is 0 Å². The Labute approximate surface area is 138 Å². The van der Waals surface area contributed by atoms with Crippen molar-refractivity contribution >= 4 is 21.4 Å². The van der Waals surface area contributed by atoms with E-state index in [2.05, 4.69) is 11.4 Å². The highest BCUT2D eigenvalue weighted by Gasteiger charge is 2.29. The summed E-state index contributed by atoms with van der Waals surface area (Å²) in [6.45, 7) is 0.833. The third-order valence-corrected chi connectivity index (χ3v) is 6.74. The number of hydrogen-bond donors (Lipinski definition) is 0. The van der Waals surface area contributed by atoms with Crippen LogP contribution in [0.3, 0.4) is 0 Å². The Morgan fingerprint density at radius 1 is 1.17 bits per heavy atom. The lowest BCUT2D eigenvalue weighted by atomic mass is 9.92. The maximum Gasteiger partial charge on any atom is 0.218 e. The van der Waals surface area contributed by atoms with Crippen LogP contribution >= 0.6 is 11.3 Å². The van der Waals surface area contributed by atoms with Gasteiger partial charge >= 0.3 is 0 Å². The van der Waals surface area contributed by atoms with Gasteiger partial charge in [0.2, 0.25) is 10.0 Å². The minimum Gasteiger partial charge on any atom is -0.212 e. The second-order valence-electron chi connectivity index (χ2n) is 5.72. The largest absolute Gasteiger partial charge is 0.218 e. The van der Waals surface area contributed by atoms with E-state index in [1.54, 1.807) is 11.3 Å². The molecule has 3 nitrogen and oxygen atoms in total. The second-order valence-corrected chi connectivity index (χ2v) is 8.47. The molecule has 1 saturated heterocycles. The number of sulfonamides is 1. The van der Waals surface area contributed by atoms with Crippen LogP contribution < -0.4 is 0 Å². The maximum atomic E-state index is 13.7. The summed E-state index contributed by atoms with van der Waals surface area (Å²) in [6, 6.07) is 4.97. The molecule has 0 bridgehead atoms.